The maximum Gasteiger partial charge on any atom is 0.274 e. The van der Waals surface area contributed by atoms with Crippen molar-refractivity contribution in [3.8, 4) is 40.1 Å². The minimum Gasteiger partial charge on any atom is -0.507 e. The third-order valence-electron chi connectivity index (χ3n) is 12.0. The number of ketones is 3. The van der Waals surface area contributed by atoms with Crippen molar-refractivity contribution in [3.63, 3.8) is 0 Å². The second-order valence-electron chi connectivity index (χ2n) is 18.2. The second kappa shape index (κ2) is 23.5. The molecule has 9 N–H and O–H groups in total. The van der Waals surface area contributed by atoms with Gasteiger partial charge in [0.25, 0.3) is 10.2 Å². The molecule has 0 spiro atoms. The lowest BCUT2D eigenvalue weighted by molar-refractivity contribution is -0.142. The summed E-state index contributed by atoms with van der Waals surface area (Å²) in [5.74, 6) is -5.25. The maximum absolute atomic E-state index is 14.9. The van der Waals surface area contributed by atoms with Crippen LogP contribution in [0.5, 0.6) is 11.5 Å². The average Bonchev–Trinajstić information content (AvgIpc) is 3.27. The quantitative estimate of drug-likeness (QED) is 0.0865. The van der Waals surface area contributed by atoms with E-state index >= 15 is 0 Å². The number of amides is 2. The number of phenolic OH excluding ortho intramolecular Hbond substituents is 1. The van der Waals surface area contributed by atoms with Gasteiger partial charge >= 0.3 is 0 Å². The van der Waals surface area contributed by atoms with E-state index in [1.54, 1.807) is 32.0 Å². The Morgan fingerprint density at radius 1 is 1.01 bits per heavy atom. The lowest BCUT2D eigenvalue weighted by Crippen LogP contribution is -2.47. The van der Waals surface area contributed by atoms with Gasteiger partial charge in [-0.05, 0) is 66.6 Å². The number of likely N-dealkylation sites (N-methyl/N-ethyl adjacent to an activating group) is 1. The number of aromatic hydroxyl groups is 1. The van der Waals surface area contributed by atoms with Gasteiger partial charge in [0.15, 0.2) is 23.2 Å². The summed E-state index contributed by atoms with van der Waals surface area (Å²) in [6, 6.07) is 15.0. The standard InChI is InChI=1S/C49H61N9O9S.H2S/c1-27-19-41(61)44(32-22-33(25-52)45(62)37(23-32)36-20-30(10-15-42(36)67-18-17-51)21-38(57-47(27)63)39(59)9-8-16-50)58(7)48(64)34(26-54-68(53,65)66)24-40(60)43-28(2)55-46(56-29(43)3)31-11-13-35(14-12-31)49(4,5)6;/h10-15,20,22-23,27,34,38,44,54,62H,8-9,17-19,21,24-26,51-52H2,1-7H3,(H,57,63)(H2,53,65,66);1H2/t27-,34+,38+,44+;/m1./s1. The Hall–Kier alpha value is -6.08. The lowest BCUT2D eigenvalue weighted by Gasteiger charge is -2.32. The van der Waals surface area contributed by atoms with E-state index in [4.69, 9.17) is 21.3 Å². The van der Waals surface area contributed by atoms with Crippen LogP contribution in [0.25, 0.3) is 22.5 Å². The molecule has 2 amide bonds. The number of aromatic nitrogens is 2. The lowest BCUT2D eigenvalue weighted by atomic mass is 9.86. The number of hydrogen-bond acceptors (Lipinski definition) is 14. The molecule has 0 saturated heterocycles. The van der Waals surface area contributed by atoms with Crippen LogP contribution >= 0.6 is 13.5 Å². The van der Waals surface area contributed by atoms with Crippen molar-refractivity contribution >= 4 is 52.9 Å². The predicted octanol–water partition coefficient (Wildman–Crippen LogP) is 4.03. The van der Waals surface area contributed by atoms with E-state index in [2.05, 4.69) is 40.8 Å². The van der Waals surface area contributed by atoms with E-state index < -0.39 is 82.7 Å². The molecule has 1 aliphatic heterocycles. The van der Waals surface area contributed by atoms with Gasteiger partial charge in [-0.1, -0.05) is 58.0 Å². The van der Waals surface area contributed by atoms with E-state index in [0.717, 1.165) is 16.0 Å². The molecular formula is C49H63N9O9S2. The van der Waals surface area contributed by atoms with Crippen molar-refractivity contribution in [2.45, 2.75) is 97.7 Å². The van der Waals surface area contributed by atoms with E-state index in [-0.39, 0.29) is 91.6 Å². The summed E-state index contributed by atoms with van der Waals surface area (Å²) >= 11 is 0. The topological polar surface area (TPSA) is 304 Å². The molecule has 0 saturated carbocycles. The summed E-state index contributed by atoms with van der Waals surface area (Å²) < 4.78 is 32.7. The Bertz CT molecular complexity index is 2710. The Morgan fingerprint density at radius 3 is 2.25 bits per heavy atom. The van der Waals surface area contributed by atoms with Crippen molar-refractivity contribution in [1.29, 1.82) is 5.26 Å². The third kappa shape index (κ3) is 13.8. The molecule has 0 unspecified atom stereocenters. The summed E-state index contributed by atoms with van der Waals surface area (Å²) in [7, 11) is -3.10. The summed E-state index contributed by atoms with van der Waals surface area (Å²) in [6.07, 6.45) is -1.27. The fourth-order valence-corrected chi connectivity index (χ4v) is 8.73. The Balaban J connectivity index is 0.0000104. The number of Topliss-reactive ketones (excluding diaryl/α,β-unsaturated/α-hetero) is 3. The summed E-state index contributed by atoms with van der Waals surface area (Å²) in [6.45, 7) is 10.4. The van der Waals surface area contributed by atoms with Crippen molar-refractivity contribution in [3.05, 3.63) is 93.8 Å². The van der Waals surface area contributed by atoms with Gasteiger partial charge in [0.05, 0.1) is 35.0 Å². The number of nitrogens with two attached hydrogens (primary N) is 3. The molecule has 0 aliphatic carbocycles. The number of carbonyl (C=O) groups is 5. The molecule has 370 valence electrons. The van der Waals surface area contributed by atoms with Crippen molar-refractivity contribution < 1.29 is 42.2 Å². The highest BCUT2D eigenvalue weighted by molar-refractivity contribution is 7.87. The van der Waals surface area contributed by atoms with E-state index in [1.807, 2.05) is 30.3 Å². The van der Waals surface area contributed by atoms with Gasteiger partial charge in [-0.25, -0.2) is 19.8 Å². The highest BCUT2D eigenvalue weighted by Gasteiger charge is 2.37. The van der Waals surface area contributed by atoms with Crippen LogP contribution in [-0.4, -0.2) is 90.3 Å². The number of hydrogen-bond donors (Lipinski definition) is 6. The number of benzene rings is 3. The van der Waals surface area contributed by atoms with Crippen LogP contribution in [0.2, 0.25) is 0 Å². The highest BCUT2D eigenvalue weighted by atomic mass is 32.2. The average molecular weight is 986 g/mol. The minimum atomic E-state index is -4.41. The van der Waals surface area contributed by atoms with E-state index in [0.29, 0.717) is 28.3 Å². The summed E-state index contributed by atoms with van der Waals surface area (Å²) in [4.78, 5) is 81.6. The molecular weight excluding hydrogens is 923 g/mol. The van der Waals surface area contributed by atoms with E-state index in [9.17, 15) is 42.8 Å². The van der Waals surface area contributed by atoms with Gasteiger partial charge < -0.3 is 31.5 Å². The molecule has 4 aromatic rings. The molecule has 4 bridgehead atoms. The Morgan fingerprint density at radius 2 is 1.67 bits per heavy atom. The first kappa shape index (κ1) is 55.5. The number of rotatable bonds is 16. The van der Waals surface area contributed by atoms with Gasteiger partial charge in [-0.2, -0.15) is 27.2 Å². The van der Waals surface area contributed by atoms with Crippen molar-refractivity contribution in [2.24, 2.45) is 28.4 Å². The van der Waals surface area contributed by atoms with Crippen LogP contribution in [0.3, 0.4) is 0 Å². The molecule has 0 fully saturated rings. The normalized spacial score (nSPS) is 16.8. The number of carbonyl (C=O) groups excluding carboxylic acids is 5. The fraction of sp³-hybridized carbons (Fsp3) is 0.429. The molecule has 4 atom stereocenters. The zero-order valence-electron chi connectivity index (χ0n) is 40.0. The first-order chi connectivity index (χ1) is 32.0. The zero-order chi connectivity index (χ0) is 50.2. The van der Waals surface area contributed by atoms with Crippen LogP contribution < -0.4 is 31.4 Å². The Labute approximate surface area is 410 Å². The van der Waals surface area contributed by atoms with Crippen LogP contribution in [0.1, 0.15) is 103 Å². The number of nitrogens with one attached hydrogen (secondary N) is 2. The number of aryl methyl sites for hydroxylation is 2. The monoisotopic (exact) mass is 985 g/mol. The first-order valence-corrected chi connectivity index (χ1v) is 23.8. The molecule has 20 heteroatoms. The van der Waals surface area contributed by atoms with Crippen molar-refractivity contribution in [2.75, 3.05) is 26.7 Å². The number of ether oxygens (including phenoxy) is 1. The minimum absolute atomic E-state index is 0. The summed E-state index contributed by atoms with van der Waals surface area (Å²) in [5.41, 5.74) is 15.8. The van der Waals surface area contributed by atoms with Gasteiger partial charge in [0, 0.05) is 80.5 Å². The highest BCUT2D eigenvalue weighted by Crippen LogP contribution is 2.42. The van der Waals surface area contributed by atoms with Crippen LogP contribution in [0.15, 0.2) is 54.6 Å². The smallest absolute Gasteiger partial charge is 0.274 e. The summed E-state index contributed by atoms with van der Waals surface area (Å²) in [5, 5.41) is 29.1. The molecule has 2 heterocycles. The van der Waals surface area contributed by atoms with E-state index in [1.165, 1.54) is 26.1 Å². The number of nitrogens with zero attached hydrogens (tertiary/aromatic N) is 4. The zero-order valence-corrected chi connectivity index (χ0v) is 41.8. The van der Waals surface area contributed by atoms with Gasteiger partial charge in [0.2, 0.25) is 11.8 Å². The molecule has 18 nitrogen and oxygen atoms in total. The molecule has 5 rings (SSSR count). The number of nitriles is 1. The van der Waals surface area contributed by atoms with Crippen LogP contribution in [-0.2, 0) is 47.8 Å². The first-order valence-electron chi connectivity index (χ1n) is 22.3. The number of fused-ring (bicyclic) bond motifs is 5. The maximum atomic E-state index is 14.9. The molecule has 3 aromatic carbocycles. The van der Waals surface area contributed by atoms with Crippen molar-refractivity contribution in [1.82, 2.24) is 24.9 Å². The predicted molar refractivity (Wildman–Crippen MR) is 265 cm³/mol. The molecule has 1 aliphatic rings. The second-order valence-corrected chi connectivity index (χ2v) is 19.6. The SMILES string of the molecule is Cc1nc(-c2ccc(C(C)(C)C)cc2)nc(C)c1C(=O)C[C@@H](CNS(N)(=O)=O)C(=O)N(C)[C@@H]1C(=O)C[C@@H](C)C(=O)N[C@H](C(=O)CCC#N)Cc2ccc(OCCN)c(c2)-c2cc1cc(CN)c2O.S. The fourth-order valence-electron chi connectivity index (χ4n) is 8.30. The van der Waals surface area contributed by atoms with Gasteiger partial charge in [0.1, 0.15) is 24.1 Å². The van der Waals surface area contributed by atoms with Gasteiger partial charge in [-0.15, -0.1) is 0 Å². The molecule has 69 heavy (non-hydrogen) atoms. The largest absolute Gasteiger partial charge is 0.507 e. The van der Waals surface area contributed by atoms with Gasteiger partial charge in [-0.3, -0.25) is 24.0 Å². The van der Waals surface area contributed by atoms with Crippen LogP contribution in [0, 0.1) is 37.0 Å². The third-order valence-corrected chi connectivity index (χ3v) is 12.5. The number of phenols is 1. The van der Waals surface area contributed by atoms with Crippen LogP contribution in [0.4, 0.5) is 0 Å². The Kier molecular flexibility index (Phi) is 18.9. The molecule has 1 aromatic heterocycles. The molecule has 0 radical (unpaired) electrons.